The summed E-state index contributed by atoms with van der Waals surface area (Å²) in [5.41, 5.74) is -1.33. The standard InChI is InChI=1S/C18H25F3N2O2.ClH/c1-17(2,3)25-14-5-4-13(15(10-14)18(19,20)21)11-23-16(24)12-6-8-22-9-7-12;/h4-5,10,12,22H,6-9,11H2,1-3H3,(H,23,24);1H. The molecule has 148 valence electrons. The van der Waals surface area contributed by atoms with Crippen LogP contribution in [0.2, 0.25) is 0 Å². The summed E-state index contributed by atoms with van der Waals surface area (Å²) in [5.74, 6) is -0.169. The summed E-state index contributed by atoms with van der Waals surface area (Å²) >= 11 is 0. The molecule has 0 radical (unpaired) electrons. The summed E-state index contributed by atoms with van der Waals surface area (Å²) in [6, 6.07) is 3.87. The number of halogens is 4. The third kappa shape index (κ3) is 6.68. The van der Waals surface area contributed by atoms with Gasteiger partial charge in [0.15, 0.2) is 0 Å². The van der Waals surface area contributed by atoms with E-state index in [0.29, 0.717) is 12.8 Å². The van der Waals surface area contributed by atoms with E-state index in [1.54, 1.807) is 20.8 Å². The number of alkyl halides is 3. The average Bonchev–Trinajstić information content (AvgIpc) is 2.51. The third-order valence-electron chi connectivity index (χ3n) is 3.97. The van der Waals surface area contributed by atoms with E-state index in [-0.39, 0.29) is 42.1 Å². The molecule has 1 aliphatic heterocycles. The maximum atomic E-state index is 13.4. The van der Waals surface area contributed by atoms with Crippen LogP contribution in [0, 0.1) is 5.92 Å². The first kappa shape index (κ1) is 22.6. The van der Waals surface area contributed by atoms with Gasteiger partial charge in [0.05, 0.1) is 5.56 Å². The lowest BCUT2D eigenvalue weighted by atomic mass is 9.97. The molecule has 1 heterocycles. The van der Waals surface area contributed by atoms with Gasteiger partial charge in [-0.3, -0.25) is 4.79 Å². The molecule has 0 aliphatic carbocycles. The summed E-state index contributed by atoms with van der Waals surface area (Å²) in [5, 5.41) is 5.80. The maximum absolute atomic E-state index is 13.4. The summed E-state index contributed by atoms with van der Waals surface area (Å²) in [6.45, 7) is 6.68. The van der Waals surface area contributed by atoms with Crippen LogP contribution in [0.25, 0.3) is 0 Å². The van der Waals surface area contributed by atoms with Crippen LogP contribution in [-0.2, 0) is 17.5 Å². The van der Waals surface area contributed by atoms with Crippen molar-refractivity contribution in [3.8, 4) is 5.75 Å². The molecule has 2 rings (SSSR count). The van der Waals surface area contributed by atoms with Crippen LogP contribution in [0.4, 0.5) is 13.2 Å². The first-order valence-corrected chi connectivity index (χ1v) is 8.44. The number of rotatable bonds is 4. The van der Waals surface area contributed by atoms with Crippen molar-refractivity contribution in [2.45, 2.75) is 51.9 Å². The number of ether oxygens (including phenoxy) is 1. The number of hydrogen-bond donors (Lipinski definition) is 2. The Morgan fingerprint density at radius 3 is 2.38 bits per heavy atom. The predicted octanol–water partition coefficient (Wildman–Crippen LogP) is 3.92. The number of carbonyl (C=O) groups is 1. The van der Waals surface area contributed by atoms with Gasteiger partial charge in [-0.1, -0.05) is 6.07 Å². The van der Waals surface area contributed by atoms with Gasteiger partial charge < -0.3 is 15.4 Å². The Labute approximate surface area is 158 Å². The second-order valence-electron chi connectivity index (χ2n) is 7.27. The molecule has 0 bridgehead atoms. The fraction of sp³-hybridized carbons (Fsp3) is 0.611. The fourth-order valence-electron chi connectivity index (χ4n) is 2.80. The first-order valence-electron chi connectivity index (χ1n) is 8.44. The van der Waals surface area contributed by atoms with Gasteiger partial charge in [0.2, 0.25) is 5.91 Å². The molecule has 0 saturated carbocycles. The van der Waals surface area contributed by atoms with Crippen LogP contribution in [0.5, 0.6) is 5.75 Å². The number of hydrogen-bond acceptors (Lipinski definition) is 3. The summed E-state index contributed by atoms with van der Waals surface area (Å²) in [6.07, 6.45) is -3.10. The van der Waals surface area contributed by atoms with Crippen LogP contribution in [0.15, 0.2) is 18.2 Å². The van der Waals surface area contributed by atoms with E-state index in [1.807, 2.05) is 0 Å². The van der Waals surface area contributed by atoms with Gasteiger partial charge in [-0.25, -0.2) is 0 Å². The van der Waals surface area contributed by atoms with Crippen molar-refractivity contribution in [3.05, 3.63) is 29.3 Å². The molecule has 2 N–H and O–H groups in total. The molecule has 0 aromatic heterocycles. The van der Waals surface area contributed by atoms with E-state index in [1.165, 1.54) is 12.1 Å². The van der Waals surface area contributed by atoms with Crippen LogP contribution in [0.1, 0.15) is 44.7 Å². The molecule has 0 atom stereocenters. The molecule has 1 fully saturated rings. The van der Waals surface area contributed by atoms with Gasteiger partial charge in [-0.15, -0.1) is 12.4 Å². The van der Waals surface area contributed by atoms with Crippen LogP contribution in [0.3, 0.4) is 0 Å². The summed E-state index contributed by atoms with van der Waals surface area (Å²) in [7, 11) is 0. The van der Waals surface area contributed by atoms with Crippen molar-refractivity contribution in [2.24, 2.45) is 5.92 Å². The van der Waals surface area contributed by atoms with Gasteiger partial charge in [0.25, 0.3) is 0 Å². The van der Waals surface area contributed by atoms with Gasteiger partial charge in [0, 0.05) is 12.5 Å². The minimum Gasteiger partial charge on any atom is -0.488 e. The molecule has 1 aromatic rings. The predicted molar refractivity (Wildman–Crippen MR) is 96.5 cm³/mol. The largest absolute Gasteiger partial charge is 0.488 e. The van der Waals surface area contributed by atoms with E-state index in [0.717, 1.165) is 19.2 Å². The van der Waals surface area contributed by atoms with E-state index < -0.39 is 17.3 Å². The zero-order chi connectivity index (χ0) is 18.7. The Hall–Kier alpha value is -1.47. The molecule has 0 spiro atoms. The van der Waals surface area contributed by atoms with Crippen LogP contribution < -0.4 is 15.4 Å². The second kappa shape index (κ2) is 8.95. The lowest BCUT2D eigenvalue weighted by molar-refractivity contribution is -0.138. The number of carbonyl (C=O) groups excluding carboxylic acids is 1. The van der Waals surface area contributed by atoms with Gasteiger partial charge in [-0.2, -0.15) is 13.2 Å². The van der Waals surface area contributed by atoms with Gasteiger partial charge in [-0.05, 0) is 64.4 Å². The smallest absolute Gasteiger partial charge is 0.416 e. The van der Waals surface area contributed by atoms with E-state index >= 15 is 0 Å². The van der Waals surface area contributed by atoms with Crippen LogP contribution in [-0.4, -0.2) is 24.6 Å². The van der Waals surface area contributed by atoms with Gasteiger partial charge >= 0.3 is 6.18 Å². The second-order valence-corrected chi connectivity index (χ2v) is 7.27. The Kier molecular flexibility index (Phi) is 7.77. The molecular weight excluding hydrogens is 369 g/mol. The van der Waals surface area contributed by atoms with Crippen molar-refractivity contribution in [1.82, 2.24) is 10.6 Å². The molecule has 8 heteroatoms. The zero-order valence-corrected chi connectivity index (χ0v) is 16.0. The number of nitrogens with one attached hydrogen (secondary N) is 2. The van der Waals surface area contributed by atoms with Gasteiger partial charge in [0.1, 0.15) is 11.4 Å². The van der Waals surface area contributed by atoms with Crippen molar-refractivity contribution in [2.75, 3.05) is 13.1 Å². The van der Waals surface area contributed by atoms with Crippen molar-refractivity contribution >= 4 is 18.3 Å². The highest BCUT2D eigenvalue weighted by atomic mass is 35.5. The van der Waals surface area contributed by atoms with Crippen molar-refractivity contribution in [3.63, 3.8) is 0 Å². The minimum absolute atomic E-state index is 0. The lowest BCUT2D eigenvalue weighted by Crippen LogP contribution is -2.38. The molecular formula is C18H26ClF3N2O2. The average molecular weight is 395 g/mol. The highest BCUT2D eigenvalue weighted by Crippen LogP contribution is 2.35. The third-order valence-corrected chi connectivity index (χ3v) is 3.97. The number of benzene rings is 1. The number of amides is 1. The molecule has 0 unspecified atom stereocenters. The van der Waals surface area contributed by atoms with E-state index in [9.17, 15) is 18.0 Å². The zero-order valence-electron chi connectivity index (χ0n) is 15.2. The Bertz CT molecular complexity index is 609. The highest BCUT2D eigenvalue weighted by molar-refractivity contribution is 5.85. The Morgan fingerprint density at radius 2 is 1.85 bits per heavy atom. The summed E-state index contributed by atoms with van der Waals surface area (Å²) < 4.78 is 45.6. The maximum Gasteiger partial charge on any atom is 0.416 e. The first-order chi connectivity index (χ1) is 11.6. The lowest BCUT2D eigenvalue weighted by Gasteiger charge is -2.24. The monoisotopic (exact) mass is 394 g/mol. The normalized spacial score (nSPS) is 15.9. The molecule has 1 amide bonds. The Balaban J connectivity index is 0.00000338. The minimum atomic E-state index is -4.51. The topological polar surface area (TPSA) is 50.4 Å². The van der Waals surface area contributed by atoms with Crippen molar-refractivity contribution in [1.29, 1.82) is 0 Å². The molecule has 26 heavy (non-hydrogen) atoms. The summed E-state index contributed by atoms with van der Waals surface area (Å²) in [4.78, 5) is 12.1. The number of piperidine rings is 1. The fourth-order valence-corrected chi connectivity index (χ4v) is 2.80. The van der Waals surface area contributed by atoms with E-state index in [4.69, 9.17) is 4.74 Å². The SMILES string of the molecule is CC(C)(C)Oc1ccc(CNC(=O)C2CCNCC2)c(C(F)(F)F)c1.Cl. The molecule has 1 saturated heterocycles. The Morgan fingerprint density at radius 1 is 1.23 bits per heavy atom. The molecule has 1 aliphatic rings. The quantitative estimate of drug-likeness (QED) is 0.813. The molecule has 4 nitrogen and oxygen atoms in total. The molecule has 1 aromatic carbocycles. The van der Waals surface area contributed by atoms with E-state index in [2.05, 4.69) is 10.6 Å². The van der Waals surface area contributed by atoms with Crippen LogP contribution >= 0.6 is 12.4 Å². The van der Waals surface area contributed by atoms with Crippen molar-refractivity contribution < 1.29 is 22.7 Å². The highest BCUT2D eigenvalue weighted by Gasteiger charge is 2.34.